The molecule has 1 aromatic carbocycles. The molecule has 3 N–H and O–H groups in total. The Kier molecular flexibility index (Phi) is 7.72. The Bertz CT molecular complexity index is 327. The molecular formula is C16H28N2O. The highest BCUT2D eigenvalue weighted by atomic mass is 16.5. The van der Waals surface area contributed by atoms with Crippen molar-refractivity contribution in [2.45, 2.75) is 52.2 Å². The van der Waals surface area contributed by atoms with Gasteiger partial charge in [0, 0.05) is 12.6 Å². The molecule has 0 bridgehead atoms. The van der Waals surface area contributed by atoms with E-state index in [1.54, 1.807) is 0 Å². The van der Waals surface area contributed by atoms with Crippen LogP contribution in [0.25, 0.3) is 0 Å². The Morgan fingerprint density at radius 3 is 2.42 bits per heavy atom. The second-order valence-corrected chi connectivity index (χ2v) is 5.31. The molecule has 2 atom stereocenters. The summed E-state index contributed by atoms with van der Waals surface area (Å²) >= 11 is 0. The van der Waals surface area contributed by atoms with Gasteiger partial charge in [-0.25, -0.2) is 0 Å². The molecule has 0 amide bonds. The van der Waals surface area contributed by atoms with Gasteiger partial charge in [-0.2, -0.15) is 0 Å². The van der Waals surface area contributed by atoms with E-state index in [4.69, 9.17) is 10.6 Å². The van der Waals surface area contributed by atoms with Crippen LogP contribution in [0.3, 0.4) is 0 Å². The van der Waals surface area contributed by atoms with Gasteiger partial charge in [0.2, 0.25) is 0 Å². The molecule has 108 valence electrons. The van der Waals surface area contributed by atoms with Gasteiger partial charge in [-0.1, -0.05) is 44.2 Å². The van der Waals surface area contributed by atoms with Crippen LogP contribution in [0.4, 0.5) is 0 Å². The largest absolute Gasteiger partial charge is 0.377 e. The predicted molar refractivity (Wildman–Crippen MR) is 80.7 cm³/mol. The van der Waals surface area contributed by atoms with E-state index in [1.165, 1.54) is 5.56 Å². The second-order valence-electron chi connectivity index (χ2n) is 5.31. The molecule has 0 aliphatic rings. The van der Waals surface area contributed by atoms with Crippen LogP contribution in [0.15, 0.2) is 30.3 Å². The minimum Gasteiger partial charge on any atom is -0.377 e. The van der Waals surface area contributed by atoms with E-state index >= 15 is 0 Å². The maximum absolute atomic E-state index is 5.82. The lowest BCUT2D eigenvalue weighted by Crippen LogP contribution is -2.47. The van der Waals surface area contributed by atoms with Crippen LogP contribution < -0.4 is 11.3 Å². The highest BCUT2D eigenvalue weighted by molar-refractivity contribution is 5.14. The number of hydrazine groups is 1. The summed E-state index contributed by atoms with van der Waals surface area (Å²) in [5.74, 6) is 6.16. The normalized spacial score (nSPS) is 14.6. The molecule has 0 fully saturated rings. The van der Waals surface area contributed by atoms with Gasteiger partial charge in [0.25, 0.3) is 0 Å². The Labute approximate surface area is 117 Å². The third kappa shape index (κ3) is 5.72. The van der Waals surface area contributed by atoms with Crippen molar-refractivity contribution >= 4 is 0 Å². The standard InChI is InChI=1S/C16H28N2O/c1-4-19-16(13(2)3)15(18-17)12-8-11-14-9-6-5-7-10-14/h5-7,9-10,13,15-16,18H,4,8,11-12,17H2,1-3H3. The maximum atomic E-state index is 5.82. The van der Waals surface area contributed by atoms with Crippen molar-refractivity contribution in [3.63, 3.8) is 0 Å². The van der Waals surface area contributed by atoms with E-state index in [0.717, 1.165) is 25.9 Å². The quantitative estimate of drug-likeness (QED) is 0.532. The summed E-state index contributed by atoms with van der Waals surface area (Å²) < 4.78 is 5.82. The van der Waals surface area contributed by atoms with Gasteiger partial charge in [-0.3, -0.25) is 11.3 Å². The fourth-order valence-electron chi connectivity index (χ4n) is 2.48. The van der Waals surface area contributed by atoms with Crippen molar-refractivity contribution in [1.82, 2.24) is 5.43 Å². The van der Waals surface area contributed by atoms with Gasteiger partial charge in [0.15, 0.2) is 0 Å². The van der Waals surface area contributed by atoms with Crippen LogP contribution >= 0.6 is 0 Å². The number of nitrogens with one attached hydrogen (secondary N) is 1. The number of rotatable bonds is 9. The second kappa shape index (κ2) is 9.08. The zero-order valence-corrected chi connectivity index (χ0v) is 12.4. The number of hydrogen-bond donors (Lipinski definition) is 2. The van der Waals surface area contributed by atoms with Crippen molar-refractivity contribution in [3.05, 3.63) is 35.9 Å². The third-order valence-corrected chi connectivity index (χ3v) is 3.45. The van der Waals surface area contributed by atoms with Crippen molar-refractivity contribution in [2.24, 2.45) is 11.8 Å². The lowest BCUT2D eigenvalue weighted by atomic mass is 9.94. The molecule has 0 spiro atoms. The molecule has 3 nitrogen and oxygen atoms in total. The van der Waals surface area contributed by atoms with Crippen molar-refractivity contribution in [3.8, 4) is 0 Å². The minimum atomic E-state index is 0.186. The molecule has 0 aliphatic heterocycles. The summed E-state index contributed by atoms with van der Waals surface area (Å²) in [5, 5.41) is 0. The summed E-state index contributed by atoms with van der Waals surface area (Å²) in [5.41, 5.74) is 4.31. The van der Waals surface area contributed by atoms with Gasteiger partial charge < -0.3 is 4.74 Å². The topological polar surface area (TPSA) is 47.3 Å². The first-order valence-corrected chi connectivity index (χ1v) is 7.30. The average Bonchev–Trinajstić information content (AvgIpc) is 2.42. The van der Waals surface area contributed by atoms with Crippen molar-refractivity contribution in [1.29, 1.82) is 0 Å². The van der Waals surface area contributed by atoms with Crippen LogP contribution in [0, 0.1) is 5.92 Å². The molecule has 0 heterocycles. The molecule has 0 radical (unpaired) electrons. The van der Waals surface area contributed by atoms with E-state index in [9.17, 15) is 0 Å². The van der Waals surface area contributed by atoms with Crippen LogP contribution in [0.1, 0.15) is 39.2 Å². The van der Waals surface area contributed by atoms with E-state index < -0.39 is 0 Å². The summed E-state index contributed by atoms with van der Waals surface area (Å²) in [6.07, 6.45) is 3.44. The monoisotopic (exact) mass is 264 g/mol. The number of aryl methyl sites for hydroxylation is 1. The molecular weight excluding hydrogens is 236 g/mol. The van der Waals surface area contributed by atoms with E-state index in [-0.39, 0.29) is 12.1 Å². The van der Waals surface area contributed by atoms with Crippen LogP contribution in [-0.4, -0.2) is 18.8 Å². The number of ether oxygens (including phenoxy) is 1. The Hall–Kier alpha value is -0.900. The molecule has 0 saturated carbocycles. The number of benzene rings is 1. The highest BCUT2D eigenvalue weighted by Gasteiger charge is 2.23. The van der Waals surface area contributed by atoms with Crippen LogP contribution in [0.5, 0.6) is 0 Å². The zero-order chi connectivity index (χ0) is 14.1. The van der Waals surface area contributed by atoms with Gasteiger partial charge in [-0.15, -0.1) is 0 Å². The smallest absolute Gasteiger partial charge is 0.0764 e. The van der Waals surface area contributed by atoms with Gasteiger partial charge in [0.05, 0.1) is 6.10 Å². The van der Waals surface area contributed by atoms with Gasteiger partial charge >= 0.3 is 0 Å². The lowest BCUT2D eigenvalue weighted by Gasteiger charge is -2.29. The average molecular weight is 264 g/mol. The zero-order valence-electron chi connectivity index (χ0n) is 12.4. The first-order chi connectivity index (χ1) is 9.19. The molecule has 0 aliphatic carbocycles. The third-order valence-electron chi connectivity index (χ3n) is 3.45. The molecule has 0 saturated heterocycles. The fraction of sp³-hybridized carbons (Fsp3) is 0.625. The van der Waals surface area contributed by atoms with Gasteiger partial charge in [0.1, 0.15) is 0 Å². The summed E-state index contributed by atoms with van der Waals surface area (Å²) in [4.78, 5) is 0. The Morgan fingerprint density at radius 1 is 1.21 bits per heavy atom. The minimum absolute atomic E-state index is 0.186. The van der Waals surface area contributed by atoms with Gasteiger partial charge in [-0.05, 0) is 37.7 Å². The molecule has 0 aromatic heterocycles. The van der Waals surface area contributed by atoms with Crippen molar-refractivity contribution in [2.75, 3.05) is 6.61 Å². The van der Waals surface area contributed by atoms with E-state index in [2.05, 4.69) is 49.6 Å². The fourth-order valence-corrected chi connectivity index (χ4v) is 2.48. The maximum Gasteiger partial charge on any atom is 0.0764 e. The number of hydrogen-bond acceptors (Lipinski definition) is 3. The molecule has 3 heteroatoms. The Morgan fingerprint density at radius 2 is 1.89 bits per heavy atom. The SMILES string of the molecule is CCOC(C(C)C)C(CCCc1ccccc1)NN. The van der Waals surface area contributed by atoms with E-state index in [1.807, 2.05) is 6.92 Å². The highest BCUT2D eigenvalue weighted by Crippen LogP contribution is 2.16. The summed E-state index contributed by atoms with van der Waals surface area (Å²) in [6.45, 7) is 7.14. The molecule has 1 rings (SSSR count). The summed E-state index contributed by atoms with van der Waals surface area (Å²) in [6, 6.07) is 10.8. The molecule has 19 heavy (non-hydrogen) atoms. The first kappa shape index (κ1) is 16.2. The molecule has 1 aromatic rings. The summed E-state index contributed by atoms with van der Waals surface area (Å²) in [7, 11) is 0. The molecule has 2 unspecified atom stereocenters. The van der Waals surface area contributed by atoms with Crippen LogP contribution in [0.2, 0.25) is 0 Å². The lowest BCUT2D eigenvalue weighted by molar-refractivity contribution is 0.00103. The first-order valence-electron chi connectivity index (χ1n) is 7.30. The van der Waals surface area contributed by atoms with Crippen LogP contribution in [-0.2, 0) is 11.2 Å². The predicted octanol–water partition coefficient (Wildman–Crippen LogP) is 2.90. The number of nitrogens with two attached hydrogens (primary N) is 1. The van der Waals surface area contributed by atoms with E-state index in [0.29, 0.717) is 5.92 Å². The van der Waals surface area contributed by atoms with Crippen molar-refractivity contribution < 1.29 is 4.74 Å². The Balaban J connectivity index is 2.43.